The molecule has 1 aliphatic heterocycles. The van der Waals surface area contributed by atoms with Crippen molar-refractivity contribution < 1.29 is 29.0 Å². The van der Waals surface area contributed by atoms with Crippen molar-refractivity contribution in [3.8, 4) is 0 Å². The van der Waals surface area contributed by atoms with E-state index in [-0.39, 0.29) is 42.6 Å². The predicted molar refractivity (Wildman–Crippen MR) is 166 cm³/mol. The highest BCUT2D eigenvalue weighted by atomic mass is 32.1. The molecule has 1 amide bonds. The van der Waals surface area contributed by atoms with E-state index in [9.17, 15) is 19.5 Å². The number of hydrogen-bond acceptors (Lipinski definition) is 9. The number of amides is 1. The Bertz CT molecular complexity index is 973. The summed E-state index contributed by atoms with van der Waals surface area (Å²) in [5.41, 5.74) is -0.0887. The number of likely N-dealkylation sites (N-methyl/N-ethyl adjacent to an activating group) is 1. The summed E-state index contributed by atoms with van der Waals surface area (Å²) in [6.45, 7) is 14.3. The van der Waals surface area contributed by atoms with Gasteiger partial charge >= 0.3 is 11.9 Å². The van der Waals surface area contributed by atoms with E-state index >= 15 is 0 Å². The lowest BCUT2D eigenvalue weighted by Gasteiger charge is -2.40. The third-order valence-corrected chi connectivity index (χ3v) is 9.27. The normalized spacial score (nSPS) is 18.8. The Balaban J connectivity index is 2.38. The molecule has 2 N–H and O–H groups in total. The molecule has 1 saturated heterocycles. The van der Waals surface area contributed by atoms with Crippen molar-refractivity contribution in [2.24, 2.45) is 11.8 Å². The third-order valence-electron chi connectivity index (χ3n) is 8.33. The second kappa shape index (κ2) is 18.6. The number of aromatic carboxylic acids is 1. The number of unbranched alkanes of at least 4 members (excludes halogenated alkanes) is 2. The molecular formula is C31H54N4O6S. The van der Waals surface area contributed by atoms with Crippen LogP contribution in [-0.4, -0.2) is 89.3 Å². The number of nitrogens with one attached hydrogen (secondary N) is 1. The van der Waals surface area contributed by atoms with E-state index in [0.717, 1.165) is 56.5 Å². The van der Waals surface area contributed by atoms with Crippen LogP contribution < -0.4 is 5.32 Å². The Hall–Kier alpha value is -2.08. The molecule has 10 nitrogen and oxygen atoms in total. The maximum atomic E-state index is 14.5. The van der Waals surface area contributed by atoms with Crippen molar-refractivity contribution in [3.63, 3.8) is 0 Å². The van der Waals surface area contributed by atoms with Gasteiger partial charge in [-0.25, -0.2) is 9.78 Å². The number of likely N-dealkylation sites (tertiary alicyclic amines) is 1. The topological polar surface area (TPSA) is 121 Å². The molecule has 5 unspecified atom stereocenters. The molecule has 11 heteroatoms. The van der Waals surface area contributed by atoms with Crippen LogP contribution in [-0.2, 0) is 19.1 Å². The van der Waals surface area contributed by atoms with E-state index in [1.165, 1.54) is 25.1 Å². The molecule has 1 aliphatic rings. The van der Waals surface area contributed by atoms with E-state index in [0.29, 0.717) is 17.7 Å². The van der Waals surface area contributed by atoms with Gasteiger partial charge in [0.2, 0.25) is 5.91 Å². The standard InChI is InChI=1S/C31H54N4O6S/c1-8-10-13-16-40-20-35(30(37)28(22(5)9-2)32-18-24-14-11-12-15-34(24)7)26(21(3)4)17-27(41-23(6)36)29-33-25(19-42-29)31(38)39/h19,21-22,24,26-28,32H,8-18,20H2,1-7H3,(H,38,39). The average Bonchev–Trinajstić information content (AvgIpc) is 3.44. The van der Waals surface area contributed by atoms with Gasteiger partial charge in [0.1, 0.15) is 11.7 Å². The monoisotopic (exact) mass is 610 g/mol. The van der Waals surface area contributed by atoms with E-state index in [1.54, 1.807) is 0 Å². The molecule has 0 bridgehead atoms. The van der Waals surface area contributed by atoms with Crippen LogP contribution in [0.5, 0.6) is 0 Å². The second-order valence-electron chi connectivity index (χ2n) is 12.0. The van der Waals surface area contributed by atoms with Crippen LogP contribution in [0.4, 0.5) is 0 Å². The number of esters is 1. The highest BCUT2D eigenvalue weighted by Gasteiger charge is 2.37. The average molecular weight is 611 g/mol. The van der Waals surface area contributed by atoms with Gasteiger partial charge in [-0.15, -0.1) is 11.3 Å². The Morgan fingerprint density at radius 2 is 1.95 bits per heavy atom. The first-order valence-electron chi connectivity index (χ1n) is 15.7. The van der Waals surface area contributed by atoms with Gasteiger partial charge in [0.05, 0.1) is 6.04 Å². The molecule has 2 heterocycles. The van der Waals surface area contributed by atoms with Crippen LogP contribution >= 0.6 is 11.3 Å². The number of thiazole rings is 1. The lowest BCUT2D eigenvalue weighted by Crippen LogP contribution is -2.57. The summed E-state index contributed by atoms with van der Waals surface area (Å²) in [5, 5.41) is 14.9. The van der Waals surface area contributed by atoms with Gasteiger partial charge in [0.25, 0.3) is 0 Å². The van der Waals surface area contributed by atoms with Crippen molar-refractivity contribution in [1.82, 2.24) is 20.1 Å². The number of nitrogens with zero attached hydrogens (tertiary/aromatic N) is 3. The predicted octanol–water partition coefficient (Wildman–Crippen LogP) is 5.34. The summed E-state index contributed by atoms with van der Waals surface area (Å²) in [4.78, 5) is 46.5. The molecule has 0 aliphatic carbocycles. The molecule has 5 atom stereocenters. The molecular weight excluding hydrogens is 556 g/mol. The molecule has 2 rings (SSSR count). The Morgan fingerprint density at radius 1 is 1.21 bits per heavy atom. The van der Waals surface area contributed by atoms with Crippen molar-refractivity contribution in [3.05, 3.63) is 16.1 Å². The Labute approximate surface area is 256 Å². The van der Waals surface area contributed by atoms with Crippen LogP contribution in [0.25, 0.3) is 0 Å². The van der Waals surface area contributed by atoms with E-state index in [2.05, 4.69) is 43.0 Å². The summed E-state index contributed by atoms with van der Waals surface area (Å²) in [6, 6.07) is -0.341. The van der Waals surface area contributed by atoms with Gasteiger partial charge in [-0.05, 0) is 44.7 Å². The number of carbonyl (C=O) groups excluding carboxylic acids is 2. The molecule has 1 aromatic rings. The fourth-order valence-corrected chi connectivity index (χ4v) is 6.30. The van der Waals surface area contributed by atoms with Crippen molar-refractivity contribution in [2.75, 3.05) is 33.5 Å². The summed E-state index contributed by atoms with van der Waals surface area (Å²) >= 11 is 1.15. The SMILES string of the molecule is CCCCCOCN(C(=O)C(NCC1CCCCN1C)C(C)CC)C(CC(OC(C)=O)c1nc(C(=O)O)cs1)C(C)C. The lowest BCUT2D eigenvalue weighted by molar-refractivity contribution is -0.152. The fraction of sp³-hybridized carbons (Fsp3) is 0.806. The van der Waals surface area contributed by atoms with E-state index in [4.69, 9.17) is 9.47 Å². The van der Waals surface area contributed by atoms with Crippen molar-refractivity contribution in [1.29, 1.82) is 0 Å². The maximum Gasteiger partial charge on any atom is 0.355 e. The number of piperidine rings is 1. The molecule has 1 aromatic heterocycles. The molecule has 0 spiro atoms. The van der Waals surface area contributed by atoms with Crippen molar-refractivity contribution >= 4 is 29.2 Å². The van der Waals surface area contributed by atoms with E-state index < -0.39 is 24.1 Å². The van der Waals surface area contributed by atoms with Crippen LogP contribution in [0, 0.1) is 11.8 Å². The molecule has 42 heavy (non-hydrogen) atoms. The zero-order valence-corrected chi connectivity index (χ0v) is 27.6. The van der Waals surface area contributed by atoms with Crippen LogP contribution in [0.15, 0.2) is 5.38 Å². The summed E-state index contributed by atoms with van der Waals surface area (Å²) in [7, 11) is 2.15. The summed E-state index contributed by atoms with van der Waals surface area (Å²) in [6.07, 6.45) is 6.90. The molecule has 240 valence electrons. The minimum absolute atomic E-state index is 0.00668. The van der Waals surface area contributed by atoms with E-state index in [1.807, 2.05) is 18.7 Å². The number of aromatic nitrogens is 1. The number of ether oxygens (including phenoxy) is 2. The largest absolute Gasteiger partial charge is 0.476 e. The first kappa shape index (κ1) is 36.1. The highest BCUT2D eigenvalue weighted by molar-refractivity contribution is 7.09. The zero-order valence-electron chi connectivity index (χ0n) is 26.8. The van der Waals surface area contributed by atoms with Gasteiger partial charge in [-0.3, -0.25) is 9.59 Å². The minimum Gasteiger partial charge on any atom is -0.476 e. The fourth-order valence-electron chi connectivity index (χ4n) is 5.46. The first-order chi connectivity index (χ1) is 20.0. The van der Waals surface area contributed by atoms with Gasteiger partial charge in [-0.1, -0.05) is 60.3 Å². The quantitative estimate of drug-likeness (QED) is 0.121. The minimum atomic E-state index is -1.14. The lowest BCUT2D eigenvalue weighted by atomic mass is 9.92. The smallest absolute Gasteiger partial charge is 0.355 e. The van der Waals surface area contributed by atoms with Gasteiger partial charge < -0.3 is 29.7 Å². The molecule has 0 aromatic carbocycles. The zero-order chi connectivity index (χ0) is 31.2. The molecule has 0 radical (unpaired) electrons. The van der Waals surface area contributed by atoms with Gasteiger partial charge in [0, 0.05) is 44.0 Å². The Morgan fingerprint density at radius 3 is 2.52 bits per heavy atom. The molecule has 1 fully saturated rings. The third kappa shape index (κ3) is 11.2. The van der Waals surface area contributed by atoms with Gasteiger partial charge in [0.15, 0.2) is 11.8 Å². The number of carbonyl (C=O) groups is 3. The van der Waals surface area contributed by atoms with Crippen molar-refractivity contribution in [2.45, 2.75) is 117 Å². The van der Waals surface area contributed by atoms with Crippen LogP contribution in [0.1, 0.15) is 115 Å². The summed E-state index contributed by atoms with van der Waals surface area (Å²) in [5.74, 6) is -1.54. The number of rotatable bonds is 19. The first-order valence-corrected chi connectivity index (χ1v) is 16.6. The highest BCUT2D eigenvalue weighted by Crippen LogP contribution is 2.31. The second-order valence-corrected chi connectivity index (χ2v) is 12.9. The summed E-state index contributed by atoms with van der Waals surface area (Å²) < 4.78 is 11.8. The Kier molecular flexibility index (Phi) is 16.0. The van der Waals surface area contributed by atoms with Crippen LogP contribution in [0.2, 0.25) is 0 Å². The number of carboxylic acids is 1. The molecule has 0 saturated carbocycles. The van der Waals surface area contributed by atoms with Crippen LogP contribution in [0.3, 0.4) is 0 Å². The number of carboxylic acid groups (broad SMARTS) is 1. The maximum absolute atomic E-state index is 14.5. The number of hydrogen-bond donors (Lipinski definition) is 2. The van der Waals surface area contributed by atoms with Gasteiger partial charge in [-0.2, -0.15) is 0 Å².